The fraction of sp³-hybridized carbons (Fsp3) is 0.364. The molecule has 138 valence electrons. The molecule has 5 rings (SSSR count). The fourth-order valence-corrected chi connectivity index (χ4v) is 4.90. The molecule has 2 aromatic carbocycles. The van der Waals surface area contributed by atoms with Gasteiger partial charge < -0.3 is 0 Å². The van der Waals surface area contributed by atoms with Crippen LogP contribution < -0.4 is 4.90 Å². The molecule has 3 aliphatic heterocycles. The third kappa shape index (κ3) is 2.38. The molecule has 3 aliphatic rings. The molecular weight excluding hydrogens is 338 g/mol. The van der Waals surface area contributed by atoms with E-state index in [4.69, 9.17) is 0 Å². The summed E-state index contributed by atoms with van der Waals surface area (Å²) in [6, 6.07) is 15.6. The van der Waals surface area contributed by atoms with E-state index in [0.717, 1.165) is 30.6 Å². The Balaban J connectivity index is 1.59. The van der Waals surface area contributed by atoms with Crippen molar-refractivity contribution in [3.63, 3.8) is 0 Å². The van der Waals surface area contributed by atoms with Crippen molar-refractivity contribution in [2.24, 2.45) is 5.92 Å². The number of amides is 2. The summed E-state index contributed by atoms with van der Waals surface area (Å²) < 4.78 is 0. The minimum atomic E-state index is -0.383. The average Bonchev–Trinajstić information content (AvgIpc) is 3.28. The van der Waals surface area contributed by atoms with Gasteiger partial charge in [0.25, 0.3) is 5.91 Å². The van der Waals surface area contributed by atoms with Gasteiger partial charge in [0.1, 0.15) is 6.04 Å². The van der Waals surface area contributed by atoms with E-state index in [1.165, 1.54) is 10.5 Å². The Hall–Kier alpha value is -2.50. The summed E-state index contributed by atoms with van der Waals surface area (Å²) in [7, 11) is 0. The van der Waals surface area contributed by atoms with Crippen molar-refractivity contribution in [2.45, 2.75) is 32.4 Å². The number of hydrogen-bond acceptors (Lipinski definition) is 4. The summed E-state index contributed by atoms with van der Waals surface area (Å²) >= 11 is 0. The van der Waals surface area contributed by atoms with Gasteiger partial charge in [0.2, 0.25) is 5.91 Å². The van der Waals surface area contributed by atoms with Gasteiger partial charge in [-0.1, -0.05) is 42.0 Å². The highest BCUT2D eigenvalue weighted by molar-refractivity contribution is 6.24. The van der Waals surface area contributed by atoms with Gasteiger partial charge in [0, 0.05) is 13.1 Å². The second-order valence-electron chi connectivity index (χ2n) is 7.86. The number of anilines is 1. The van der Waals surface area contributed by atoms with E-state index >= 15 is 0 Å². The van der Waals surface area contributed by atoms with E-state index in [1.807, 2.05) is 31.2 Å². The Kier molecular flexibility index (Phi) is 3.71. The molecule has 2 aromatic rings. The normalized spacial score (nSPS) is 28.1. The van der Waals surface area contributed by atoms with Crippen molar-refractivity contribution in [3.8, 4) is 0 Å². The first kappa shape index (κ1) is 16.7. The summed E-state index contributed by atoms with van der Waals surface area (Å²) in [5.74, 6) is -0.506. The Bertz CT molecular complexity index is 923. The lowest BCUT2D eigenvalue weighted by Gasteiger charge is -2.29. The van der Waals surface area contributed by atoms with Gasteiger partial charge in [0.15, 0.2) is 0 Å². The first-order chi connectivity index (χ1) is 13.1. The minimum Gasteiger partial charge on any atom is -0.274 e. The number of aryl methyl sites for hydroxylation is 2. The van der Waals surface area contributed by atoms with Crippen LogP contribution in [-0.2, 0) is 9.59 Å². The molecule has 0 radical (unpaired) electrons. The monoisotopic (exact) mass is 361 g/mol. The number of hydrazine groups is 1. The SMILES string of the molecule is Cc1ccc(C2C3C(=O)N(c4cccc(C)c4)C(=O)C3N3CCCN23)cc1. The van der Waals surface area contributed by atoms with Crippen molar-refractivity contribution in [1.82, 2.24) is 10.0 Å². The summed E-state index contributed by atoms with van der Waals surface area (Å²) in [5.41, 5.74) is 4.05. The molecular formula is C22H23N3O2. The molecule has 3 fully saturated rings. The number of imide groups is 1. The van der Waals surface area contributed by atoms with Crippen LogP contribution in [0.25, 0.3) is 0 Å². The fourth-order valence-electron chi connectivity index (χ4n) is 4.90. The molecule has 0 bridgehead atoms. The van der Waals surface area contributed by atoms with E-state index in [0.29, 0.717) is 5.69 Å². The van der Waals surface area contributed by atoms with Gasteiger partial charge in [-0.25, -0.2) is 14.9 Å². The zero-order valence-corrected chi connectivity index (χ0v) is 15.6. The molecule has 3 heterocycles. The van der Waals surface area contributed by atoms with Crippen LogP contribution in [0.3, 0.4) is 0 Å². The smallest absolute Gasteiger partial charge is 0.253 e. The molecule has 0 aromatic heterocycles. The highest BCUT2D eigenvalue weighted by atomic mass is 16.2. The molecule has 3 saturated heterocycles. The third-order valence-corrected chi connectivity index (χ3v) is 6.08. The lowest BCUT2D eigenvalue weighted by molar-refractivity contribution is -0.126. The first-order valence-corrected chi connectivity index (χ1v) is 9.60. The molecule has 5 heteroatoms. The Labute approximate surface area is 159 Å². The van der Waals surface area contributed by atoms with E-state index < -0.39 is 0 Å². The maximum Gasteiger partial charge on any atom is 0.253 e. The number of carbonyl (C=O) groups is 2. The number of rotatable bonds is 2. The molecule has 27 heavy (non-hydrogen) atoms. The number of nitrogens with zero attached hydrogens (tertiary/aromatic N) is 3. The lowest BCUT2D eigenvalue weighted by Crippen LogP contribution is -2.44. The van der Waals surface area contributed by atoms with E-state index in [9.17, 15) is 9.59 Å². The largest absolute Gasteiger partial charge is 0.274 e. The van der Waals surface area contributed by atoms with Crippen LogP contribution in [-0.4, -0.2) is 41.0 Å². The highest BCUT2D eigenvalue weighted by Crippen LogP contribution is 2.48. The Morgan fingerprint density at radius 2 is 1.52 bits per heavy atom. The summed E-state index contributed by atoms with van der Waals surface area (Å²) in [5, 5.41) is 4.40. The molecule has 5 nitrogen and oxygen atoms in total. The van der Waals surface area contributed by atoms with Gasteiger partial charge in [0.05, 0.1) is 17.6 Å². The van der Waals surface area contributed by atoms with Gasteiger partial charge in [-0.15, -0.1) is 0 Å². The van der Waals surface area contributed by atoms with Crippen molar-refractivity contribution >= 4 is 17.5 Å². The van der Waals surface area contributed by atoms with E-state index in [-0.39, 0.29) is 29.8 Å². The summed E-state index contributed by atoms with van der Waals surface area (Å²) in [4.78, 5) is 28.2. The highest BCUT2D eigenvalue weighted by Gasteiger charge is 2.62. The van der Waals surface area contributed by atoms with Crippen LogP contribution in [0.15, 0.2) is 48.5 Å². The zero-order chi connectivity index (χ0) is 18.7. The summed E-state index contributed by atoms with van der Waals surface area (Å²) in [6.45, 7) is 5.78. The van der Waals surface area contributed by atoms with Crippen LogP contribution in [0, 0.1) is 19.8 Å². The Morgan fingerprint density at radius 3 is 2.22 bits per heavy atom. The van der Waals surface area contributed by atoms with E-state index in [2.05, 4.69) is 41.2 Å². The van der Waals surface area contributed by atoms with Crippen LogP contribution >= 0.6 is 0 Å². The predicted octanol–water partition coefficient (Wildman–Crippen LogP) is 2.84. The third-order valence-electron chi connectivity index (χ3n) is 6.08. The van der Waals surface area contributed by atoms with Crippen molar-refractivity contribution in [3.05, 3.63) is 65.2 Å². The topological polar surface area (TPSA) is 43.9 Å². The minimum absolute atomic E-state index is 0.0654. The number of fused-ring (bicyclic) bond motifs is 3. The van der Waals surface area contributed by atoms with Crippen LogP contribution in [0.4, 0.5) is 5.69 Å². The second kappa shape index (κ2) is 6.01. The van der Waals surface area contributed by atoms with Crippen molar-refractivity contribution in [1.29, 1.82) is 0 Å². The lowest BCUT2D eigenvalue weighted by atomic mass is 9.89. The zero-order valence-electron chi connectivity index (χ0n) is 15.6. The average molecular weight is 361 g/mol. The summed E-state index contributed by atoms with van der Waals surface area (Å²) in [6.07, 6.45) is 1.03. The van der Waals surface area contributed by atoms with Crippen molar-refractivity contribution in [2.75, 3.05) is 18.0 Å². The van der Waals surface area contributed by atoms with Gasteiger partial charge in [-0.2, -0.15) is 0 Å². The van der Waals surface area contributed by atoms with Gasteiger partial charge >= 0.3 is 0 Å². The maximum atomic E-state index is 13.4. The molecule has 0 saturated carbocycles. The molecule has 3 unspecified atom stereocenters. The first-order valence-electron chi connectivity index (χ1n) is 9.60. The molecule has 0 spiro atoms. The maximum absolute atomic E-state index is 13.4. The van der Waals surface area contributed by atoms with Crippen LogP contribution in [0.1, 0.15) is 29.2 Å². The Morgan fingerprint density at radius 1 is 0.815 bits per heavy atom. The second-order valence-corrected chi connectivity index (χ2v) is 7.86. The molecule has 0 N–H and O–H groups in total. The number of carbonyl (C=O) groups excluding carboxylic acids is 2. The molecule has 0 aliphatic carbocycles. The molecule has 2 amide bonds. The molecule has 3 atom stereocenters. The standard InChI is InChI=1S/C22H23N3O2/c1-14-7-9-16(10-8-14)19-18-20(24-12-4-11-23(19)24)22(27)25(21(18)26)17-6-3-5-15(2)13-17/h3,5-10,13,18-20H,4,11-12H2,1-2H3. The van der Waals surface area contributed by atoms with Gasteiger partial charge in [-0.3, -0.25) is 9.59 Å². The predicted molar refractivity (Wildman–Crippen MR) is 103 cm³/mol. The van der Waals surface area contributed by atoms with Crippen LogP contribution in [0.2, 0.25) is 0 Å². The van der Waals surface area contributed by atoms with Crippen LogP contribution in [0.5, 0.6) is 0 Å². The van der Waals surface area contributed by atoms with Crippen molar-refractivity contribution < 1.29 is 9.59 Å². The quantitative estimate of drug-likeness (QED) is 0.772. The van der Waals surface area contributed by atoms with E-state index in [1.54, 1.807) is 0 Å². The van der Waals surface area contributed by atoms with Gasteiger partial charge in [-0.05, 0) is 43.5 Å². The number of hydrogen-bond donors (Lipinski definition) is 0. The number of benzene rings is 2.